The predicted octanol–water partition coefficient (Wildman–Crippen LogP) is 4.23. The molecule has 6 heteroatoms. The van der Waals surface area contributed by atoms with Gasteiger partial charge in [-0.1, -0.05) is 11.6 Å². The molecular weight excluding hydrogens is 341 g/mol. The quantitative estimate of drug-likeness (QED) is 0.883. The number of thiophene rings is 1. The highest BCUT2D eigenvalue weighted by Crippen LogP contribution is 2.22. The molecule has 18 heavy (non-hydrogen) atoms. The second kappa shape index (κ2) is 5.82. The maximum absolute atomic E-state index is 13.0. The van der Waals surface area contributed by atoms with Crippen molar-refractivity contribution in [3.05, 3.63) is 55.4 Å². The van der Waals surface area contributed by atoms with Crippen LogP contribution in [0.3, 0.4) is 0 Å². The van der Waals surface area contributed by atoms with Gasteiger partial charge in [-0.2, -0.15) is 0 Å². The Morgan fingerprint density at radius 2 is 2.22 bits per heavy atom. The molecule has 0 atom stereocenters. The molecule has 1 N–H and O–H groups in total. The number of hydrogen-bond donors (Lipinski definition) is 1. The molecule has 0 aliphatic heterocycles. The molecule has 1 aromatic carbocycles. The van der Waals surface area contributed by atoms with E-state index in [2.05, 4.69) is 21.2 Å². The van der Waals surface area contributed by atoms with Gasteiger partial charge in [-0.05, 0) is 45.6 Å². The summed E-state index contributed by atoms with van der Waals surface area (Å²) in [5, 5.41) is 4.62. The Morgan fingerprint density at radius 3 is 2.83 bits per heavy atom. The standard InChI is InChI=1S/C12H8BrClFNOS/c13-8-3-4-18-11(8)6-16-12(17)7-1-2-10(15)9(14)5-7/h1-5H,6H2,(H,16,17). The van der Waals surface area contributed by atoms with E-state index in [1.165, 1.54) is 18.2 Å². The Bertz CT molecular complexity index is 587. The van der Waals surface area contributed by atoms with Crippen LogP contribution in [-0.2, 0) is 6.54 Å². The van der Waals surface area contributed by atoms with Crippen molar-refractivity contribution in [2.24, 2.45) is 0 Å². The Morgan fingerprint density at radius 1 is 1.44 bits per heavy atom. The average molecular weight is 349 g/mol. The second-order valence-corrected chi connectivity index (χ2v) is 5.77. The molecule has 1 amide bonds. The average Bonchev–Trinajstić information content (AvgIpc) is 2.75. The van der Waals surface area contributed by atoms with E-state index >= 15 is 0 Å². The first-order valence-electron chi connectivity index (χ1n) is 5.03. The van der Waals surface area contributed by atoms with E-state index in [1.54, 1.807) is 11.3 Å². The minimum Gasteiger partial charge on any atom is -0.347 e. The zero-order chi connectivity index (χ0) is 13.1. The highest BCUT2D eigenvalue weighted by Gasteiger charge is 2.09. The summed E-state index contributed by atoms with van der Waals surface area (Å²) >= 11 is 10.5. The lowest BCUT2D eigenvalue weighted by Gasteiger charge is -2.05. The van der Waals surface area contributed by atoms with Gasteiger partial charge in [-0.15, -0.1) is 11.3 Å². The topological polar surface area (TPSA) is 29.1 Å². The molecule has 0 spiro atoms. The molecule has 0 radical (unpaired) electrons. The van der Waals surface area contributed by atoms with Crippen LogP contribution in [0.5, 0.6) is 0 Å². The van der Waals surface area contributed by atoms with Crippen molar-refractivity contribution in [3.8, 4) is 0 Å². The van der Waals surface area contributed by atoms with Crippen LogP contribution >= 0.6 is 38.9 Å². The molecule has 0 aliphatic carbocycles. The second-order valence-electron chi connectivity index (χ2n) is 3.50. The van der Waals surface area contributed by atoms with Gasteiger partial charge in [-0.3, -0.25) is 4.79 Å². The normalized spacial score (nSPS) is 10.4. The van der Waals surface area contributed by atoms with Gasteiger partial charge in [0.05, 0.1) is 11.6 Å². The number of rotatable bonds is 3. The monoisotopic (exact) mass is 347 g/mol. The summed E-state index contributed by atoms with van der Waals surface area (Å²) in [6, 6.07) is 5.81. The van der Waals surface area contributed by atoms with E-state index in [9.17, 15) is 9.18 Å². The van der Waals surface area contributed by atoms with Crippen LogP contribution in [0.2, 0.25) is 5.02 Å². The number of hydrogen-bond acceptors (Lipinski definition) is 2. The molecule has 0 saturated carbocycles. The van der Waals surface area contributed by atoms with Gasteiger partial charge in [0.2, 0.25) is 0 Å². The minimum absolute atomic E-state index is 0.0556. The lowest BCUT2D eigenvalue weighted by atomic mass is 10.2. The molecule has 0 saturated heterocycles. The third-order valence-corrected chi connectivity index (χ3v) is 4.50. The van der Waals surface area contributed by atoms with Crippen LogP contribution in [0, 0.1) is 5.82 Å². The number of amides is 1. The van der Waals surface area contributed by atoms with Gasteiger partial charge in [0.25, 0.3) is 5.91 Å². The lowest BCUT2D eigenvalue weighted by Crippen LogP contribution is -2.22. The summed E-state index contributed by atoms with van der Waals surface area (Å²) in [6.45, 7) is 0.423. The van der Waals surface area contributed by atoms with Crippen molar-refractivity contribution >= 4 is 44.8 Å². The van der Waals surface area contributed by atoms with E-state index < -0.39 is 5.82 Å². The van der Waals surface area contributed by atoms with Crippen molar-refractivity contribution in [3.63, 3.8) is 0 Å². The van der Waals surface area contributed by atoms with Crippen molar-refractivity contribution in [2.75, 3.05) is 0 Å². The third-order valence-electron chi connectivity index (χ3n) is 2.28. The molecular formula is C12H8BrClFNOS. The Labute approximate surface area is 121 Å². The van der Waals surface area contributed by atoms with E-state index in [-0.39, 0.29) is 10.9 Å². The third kappa shape index (κ3) is 3.10. The first-order valence-corrected chi connectivity index (χ1v) is 7.08. The number of carbonyl (C=O) groups is 1. The molecule has 0 unspecified atom stereocenters. The van der Waals surface area contributed by atoms with Crippen LogP contribution in [0.4, 0.5) is 4.39 Å². The van der Waals surface area contributed by atoms with Crippen molar-refractivity contribution in [1.29, 1.82) is 0 Å². The first-order chi connectivity index (χ1) is 8.58. The van der Waals surface area contributed by atoms with Crippen LogP contribution in [0.1, 0.15) is 15.2 Å². The number of benzene rings is 1. The highest BCUT2D eigenvalue weighted by molar-refractivity contribution is 9.10. The van der Waals surface area contributed by atoms with Gasteiger partial charge in [0, 0.05) is 14.9 Å². The first kappa shape index (κ1) is 13.5. The molecule has 2 aromatic rings. The van der Waals surface area contributed by atoms with E-state index in [0.717, 1.165) is 9.35 Å². The van der Waals surface area contributed by atoms with Crippen molar-refractivity contribution in [1.82, 2.24) is 5.32 Å². The van der Waals surface area contributed by atoms with Gasteiger partial charge in [0.1, 0.15) is 5.82 Å². The molecule has 94 valence electrons. The molecule has 2 nitrogen and oxygen atoms in total. The largest absolute Gasteiger partial charge is 0.347 e. The summed E-state index contributed by atoms with van der Waals surface area (Å²) in [5.41, 5.74) is 0.342. The van der Waals surface area contributed by atoms with Gasteiger partial charge in [-0.25, -0.2) is 4.39 Å². The van der Waals surface area contributed by atoms with Crippen molar-refractivity contribution < 1.29 is 9.18 Å². The molecule has 1 aromatic heterocycles. The summed E-state index contributed by atoms with van der Waals surface area (Å²) in [6.07, 6.45) is 0. The van der Waals surface area contributed by atoms with Crippen LogP contribution in [-0.4, -0.2) is 5.91 Å². The highest BCUT2D eigenvalue weighted by atomic mass is 79.9. The van der Waals surface area contributed by atoms with Crippen LogP contribution < -0.4 is 5.32 Å². The molecule has 0 bridgehead atoms. The van der Waals surface area contributed by atoms with E-state index in [1.807, 2.05) is 11.4 Å². The summed E-state index contributed by atoms with van der Waals surface area (Å²) < 4.78 is 13.9. The molecule has 0 fully saturated rings. The maximum Gasteiger partial charge on any atom is 0.251 e. The fourth-order valence-corrected chi connectivity index (χ4v) is 2.96. The Kier molecular flexibility index (Phi) is 4.37. The molecule has 0 aliphatic rings. The van der Waals surface area contributed by atoms with Gasteiger partial charge < -0.3 is 5.32 Å². The Hall–Kier alpha value is -0.910. The fourth-order valence-electron chi connectivity index (χ4n) is 1.35. The molecule has 1 heterocycles. The summed E-state index contributed by atoms with van der Waals surface area (Å²) in [7, 11) is 0. The Balaban J connectivity index is 2.04. The zero-order valence-corrected chi connectivity index (χ0v) is 12.2. The van der Waals surface area contributed by atoms with Crippen molar-refractivity contribution in [2.45, 2.75) is 6.54 Å². The van der Waals surface area contributed by atoms with Gasteiger partial charge >= 0.3 is 0 Å². The van der Waals surface area contributed by atoms with Crippen LogP contribution in [0.15, 0.2) is 34.1 Å². The SMILES string of the molecule is O=C(NCc1sccc1Br)c1ccc(F)c(Cl)c1. The van der Waals surface area contributed by atoms with E-state index in [0.29, 0.717) is 12.1 Å². The predicted molar refractivity (Wildman–Crippen MR) is 74.6 cm³/mol. The van der Waals surface area contributed by atoms with Gasteiger partial charge in [0.15, 0.2) is 0 Å². The van der Waals surface area contributed by atoms with E-state index in [4.69, 9.17) is 11.6 Å². The number of nitrogens with one attached hydrogen (secondary N) is 1. The number of halogens is 3. The lowest BCUT2D eigenvalue weighted by molar-refractivity contribution is 0.0951. The summed E-state index contributed by atoms with van der Waals surface area (Å²) in [5.74, 6) is -0.814. The molecule has 2 rings (SSSR count). The van der Waals surface area contributed by atoms with Crippen LogP contribution in [0.25, 0.3) is 0 Å². The summed E-state index contributed by atoms with van der Waals surface area (Å²) in [4.78, 5) is 12.8. The number of carbonyl (C=O) groups excluding carboxylic acids is 1. The smallest absolute Gasteiger partial charge is 0.251 e. The minimum atomic E-state index is -0.533. The fraction of sp³-hybridized carbons (Fsp3) is 0.0833. The zero-order valence-electron chi connectivity index (χ0n) is 9.04. The maximum atomic E-state index is 13.0.